The molecule has 0 bridgehead atoms. The van der Waals surface area contributed by atoms with Crippen LogP contribution in [0.15, 0.2) is 36.4 Å². The number of fused-ring (bicyclic) bond motifs is 1. The first-order valence-corrected chi connectivity index (χ1v) is 7.62. The highest BCUT2D eigenvalue weighted by Crippen LogP contribution is 2.32. The van der Waals surface area contributed by atoms with Gasteiger partial charge in [-0.15, -0.1) is 0 Å². The fourth-order valence-corrected chi connectivity index (χ4v) is 2.59. The number of benzene rings is 2. The van der Waals surface area contributed by atoms with Gasteiger partial charge in [0.25, 0.3) is 0 Å². The van der Waals surface area contributed by atoms with Crippen LogP contribution in [0.2, 0.25) is 0 Å². The summed E-state index contributed by atoms with van der Waals surface area (Å²) in [6.45, 7) is 5.36. The lowest BCUT2D eigenvalue weighted by molar-refractivity contribution is -0.114. The summed E-state index contributed by atoms with van der Waals surface area (Å²) >= 11 is 0. The Morgan fingerprint density at radius 2 is 1.65 bits per heavy atom. The van der Waals surface area contributed by atoms with Crippen molar-refractivity contribution in [2.24, 2.45) is 0 Å². The number of carbonyl (C=O) groups excluding carboxylic acids is 1. The Balaban J connectivity index is 1.59. The Labute approximate surface area is 135 Å². The SMILES string of the molecule is Cc1cc(C)cc(NCC(=O)Nc2ccc3c(c2)OCCO3)c1. The predicted molar refractivity (Wildman–Crippen MR) is 90.5 cm³/mol. The lowest BCUT2D eigenvalue weighted by atomic mass is 10.1. The highest BCUT2D eigenvalue weighted by molar-refractivity contribution is 5.94. The van der Waals surface area contributed by atoms with Crippen LogP contribution < -0.4 is 20.1 Å². The van der Waals surface area contributed by atoms with Crippen molar-refractivity contribution in [1.82, 2.24) is 0 Å². The smallest absolute Gasteiger partial charge is 0.243 e. The van der Waals surface area contributed by atoms with Crippen LogP contribution in [-0.2, 0) is 4.79 Å². The van der Waals surface area contributed by atoms with Gasteiger partial charge in [0.15, 0.2) is 11.5 Å². The summed E-state index contributed by atoms with van der Waals surface area (Å²) < 4.78 is 11.0. The quantitative estimate of drug-likeness (QED) is 0.910. The number of carbonyl (C=O) groups is 1. The summed E-state index contributed by atoms with van der Waals surface area (Å²) in [4.78, 5) is 12.1. The summed E-state index contributed by atoms with van der Waals surface area (Å²) in [5.74, 6) is 1.26. The predicted octanol–water partition coefficient (Wildman–Crippen LogP) is 3.13. The standard InChI is InChI=1S/C18H20N2O3/c1-12-7-13(2)9-15(8-12)19-11-18(21)20-14-3-4-16-17(10-14)23-6-5-22-16/h3-4,7-10,19H,5-6,11H2,1-2H3,(H,20,21). The fraction of sp³-hybridized carbons (Fsp3) is 0.278. The van der Waals surface area contributed by atoms with Gasteiger partial charge in [-0.3, -0.25) is 4.79 Å². The van der Waals surface area contributed by atoms with Crippen LogP contribution >= 0.6 is 0 Å². The maximum absolute atomic E-state index is 12.1. The average Bonchev–Trinajstić information content (AvgIpc) is 2.52. The molecule has 120 valence electrons. The molecule has 3 rings (SSSR count). The van der Waals surface area contributed by atoms with E-state index in [1.54, 1.807) is 12.1 Å². The van der Waals surface area contributed by atoms with E-state index in [0.29, 0.717) is 30.4 Å². The molecule has 0 radical (unpaired) electrons. The van der Waals surface area contributed by atoms with Gasteiger partial charge in [0.05, 0.1) is 6.54 Å². The Kier molecular flexibility index (Phi) is 4.37. The highest BCUT2D eigenvalue weighted by Gasteiger charge is 2.12. The fourth-order valence-electron chi connectivity index (χ4n) is 2.59. The number of hydrogen-bond acceptors (Lipinski definition) is 4. The minimum atomic E-state index is -0.110. The molecular weight excluding hydrogens is 292 g/mol. The van der Waals surface area contributed by atoms with Gasteiger partial charge in [-0.25, -0.2) is 0 Å². The molecule has 2 aromatic carbocycles. The molecule has 0 saturated carbocycles. The number of hydrogen-bond donors (Lipinski definition) is 2. The Bertz CT molecular complexity index is 708. The van der Waals surface area contributed by atoms with E-state index in [4.69, 9.17) is 9.47 Å². The molecule has 0 atom stereocenters. The molecule has 2 aromatic rings. The number of anilines is 2. The molecule has 0 saturated heterocycles. The molecule has 0 fully saturated rings. The maximum atomic E-state index is 12.1. The van der Waals surface area contributed by atoms with E-state index in [1.807, 2.05) is 32.0 Å². The third-order valence-corrected chi connectivity index (χ3v) is 3.50. The molecule has 23 heavy (non-hydrogen) atoms. The van der Waals surface area contributed by atoms with Gasteiger partial charge in [0, 0.05) is 17.4 Å². The van der Waals surface area contributed by atoms with Crippen LogP contribution in [0.4, 0.5) is 11.4 Å². The number of ether oxygens (including phenoxy) is 2. The first-order valence-electron chi connectivity index (χ1n) is 7.62. The van der Waals surface area contributed by atoms with Gasteiger partial charge in [0.1, 0.15) is 13.2 Å². The van der Waals surface area contributed by atoms with Gasteiger partial charge in [-0.2, -0.15) is 0 Å². The average molecular weight is 312 g/mol. The van der Waals surface area contributed by atoms with Gasteiger partial charge in [0.2, 0.25) is 5.91 Å². The van der Waals surface area contributed by atoms with Gasteiger partial charge < -0.3 is 20.1 Å². The number of aryl methyl sites for hydroxylation is 2. The van der Waals surface area contributed by atoms with E-state index in [2.05, 4.69) is 16.7 Å². The van der Waals surface area contributed by atoms with Gasteiger partial charge in [-0.1, -0.05) is 6.07 Å². The van der Waals surface area contributed by atoms with Crippen LogP contribution in [0.3, 0.4) is 0 Å². The molecule has 1 aliphatic heterocycles. The Hall–Kier alpha value is -2.69. The molecule has 0 aliphatic carbocycles. The first kappa shape index (κ1) is 15.2. The summed E-state index contributed by atoms with van der Waals surface area (Å²) in [5, 5.41) is 6.00. The van der Waals surface area contributed by atoms with Gasteiger partial charge >= 0.3 is 0 Å². The molecule has 0 unspecified atom stereocenters. The van der Waals surface area contributed by atoms with Crippen LogP contribution in [0.5, 0.6) is 11.5 Å². The van der Waals surface area contributed by atoms with Crippen LogP contribution in [0.25, 0.3) is 0 Å². The van der Waals surface area contributed by atoms with Crippen molar-refractivity contribution in [2.45, 2.75) is 13.8 Å². The van der Waals surface area contributed by atoms with Gasteiger partial charge in [-0.05, 0) is 49.2 Å². The van der Waals surface area contributed by atoms with Crippen molar-refractivity contribution < 1.29 is 14.3 Å². The minimum Gasteiger partial charge on any atom is -0.486 e. The lowest BCUT2D eigenvalue weighted by Gasteiger charge is -2.19. The first-order chi connectivity index (χ1) is 11.1. The van der Waals surface area contributed by atoms with Crippen molar-refractivity contribution >= 4 is 17.3 Å². The van der Waals surface area contributed by atoms with E-state index in [9.17, 15) is 4.79 Å². The van der Waals surface area contributed by atoms with Crippen molar-refractivity contribution in [2.75, 3.05) is 30.4 Å². The lowest BCUT2D eigenvalue weighted by Crippen LogP contribution is -2.22. The third kappa shape index (κ3) is 3.94. The highest BCUT2D eigenvalue weighted by atomic mass is 16.6. The molecule has 2 N–H and O–H groups in total. The monoisotopic (exact) mass is 312 g/mol. The van der Waals surface area contributed by atoms with Crippen LogP contribution in [0.1, 0.15) is 11.1 Å². The zero-order valence-electron chi connectivity index (χ0n) is 13.3. The van der Waals surface area contributed by atoms with E-state index in [-0.39, 0.29) is 12.5 Å². The molecule has 0 aromatic heterocycles. The molecule has 1 aliphatic rings. The topological polar surface area (TPSA) is 59.6 Å². The third-order valence-electron chi connectivity index (χ3n) is 3.50. The second kappa shape index (κ2) is 6.60. The van der Waals surface area contributed by atoms with E-state index in [1.165, 1.54) is 11.1 Å². The molecule has 0 spiro atoms. The summed E-state index contributed by atoms with van der Waals surface area (Å²) in [6.07, 6.45) is 0. The summed E-state index contributed by atoms with van der Waals surface area (Å²) in [6, 6.07) is 11.5. The maximum Gasteiger partial charge on any atom is 0.243 e. The van der Waals surface area contributed by atoms with E-state index in [0.717, 1.165) is 5.69 Å². The van der Waals surface area contributed by atoms with E-state index >= 15 is 0 Å². The molecule has 1 heterocycles. The molecule has 5 heteroatoms. The van der Waals surface area contributed by atoms with E-state index < -0.39 is 0 Å². The van der Waals surface area contributed by atoms with Crippen LogP contribution in [0, 0.1) is 13.8 Å². The number of rotatable bonds is 4. The second-order valence-corrected chi connectivity index (χ2v) is 5.64. The van der Waals surface area contributed by atoms with Crippen LogP contribution in [-0.4, -0.2) is 25.7 Å². The van der Waals surface area contributed by atoms with Crippen molar-refractivity contribution in [3.8, 4) is 11.5 Å². The Morgan fingerprint density at radius 3 is 2.39 bits per heavy atom. The zero-order chi connectivity index (χ0) is 16.2. The normalized spacial score (nSPS) is 12.6. The van der Waals surface area contributed by atoms with Crippen molar-refractivity contribution in [3.63, 3.8) is 0 Å². The molecule has 5 nitrogen and oxygen atoms in total. The minimum absolute atomic E-state index is 0.110. The number of nitrogens with one attached hydrogen (secondary N) is 2. The zero-order valence-corrected chi connectivity index (χ0v) is 13.3. The second-order valence-electron chi connectivity index (χ2n) is 5.64. The Morgan fingerprint density at radius 1 is 0.957 bits per heavy atom. The summed E-state index contributed by atoms with van der Waals surface area (Å²) in [7, 11) is 0. The largest absolute Gasteiger partial charge is 0.486 e. The number of amides is 1. The van der Waals surface area contributed by atoms with Crippen molar-refractivity contribution in [3.05, 3.63) is 47.5 Å². The summed E-state index contributed by atoms with van der Waals surface area (Å²) in [5.41, 5.74) is 3.97. The molecular formula is C18H20N2O3. The van der Waals surface area contributed by atoms with Crippen molar-refractivity contribution in [1.29, 1.82) is 0 Å². The molecule has 1 amide bonds.